The van der Waals surface area contributed by atoms with Gasteiger partial charge in [-0.25, -0.2) is 8.42 Å². The number of benzene rings is 2. The van der Waals surface area contributed by atoms with Gasteiger partial charge in [-0.1, -0.05) is 25.4 Å². The zero-order chi connectivity index (χ0) is 23.2. The van der Waals surface area contributed by atoms with Gasteiger partial charge in [0.25, 0.3) is 5.91 Å². The van der Waals surface area contributed by atoms with Crippen molar-refractivity contribution in [1.82, 2.24) is 9.62 Å². The molecule has 0 saturated heterocycles. The van der Waals surface area contributed by atoms with E-state index in [0.717, 1.165) is 12.1 Å². The van der Waals surface area contributed by atoms with E-state index in [2.05, 4.69) is 5.32 Å². The number of hydrogen-bond acceptors (Lipinski definition) is 4. The molecule has 170 valence electrons. The van der Waals surface area contributed by atoms with Gasteiger partial charge < -0.3 is 10.1 Å². The maximum atomic E-state index is 12.6. The number of sulfonamides is 1. The Hall–Kier alpha value is -2.30. The Balaban J connectivity index is 1.99. The smallest absolute Gasteiger partial charge is 0.416 e. The fourth-order valence-corrected chi connectivity index (χ4v) is 4.41. The molecule has 0 aliphatic rings. The number of ether oxygens (including phenoxy) is 1. The van der Waals surface area contributed by atoms with Gasteiger partial charge in [-0.3, -0.25) is 4.79 Å². The Morgan fingerprint density at radius 1 is 1.10 bits per heavy atom. The second-order valence-electron chi connectivity index (χ2n) is 6.36. The molecule has 0 aromatic heterocycles. The molecule has 1 amide bonds. The number of hydrogen-bond donors (Lipinski definition) is 1. The Labute approximate surface area is 184 Å². The zero-order valence-electron chi connectivity index (χ0n) is 16.9. The molecule has 1 N–H and O–H groups in total. The third-order valence-corrected chi connectivity index (χ3v) is 6.74. The van der Waals surface area contributed by atoms with Gasteiger partial charge in [0.2, 0.25) is 10.0 Å². The van der Waals surface area contributed by atoms with Crippen LogP contribution in [0.4, 0.5) is 13.2 Å². The lowest BCUT2D eigenvalue weighted by molar-refractivity contribution is -0.137. The molecule has 0 saturated carbocycles. The van der Waals surface area contributed by atoms with E-state index in [1.807, 2.05) is 0 Å². The van der Waals surface area contributed by atoms with E-state index < -0.39 is 27.7 Å². The lowest BCUT2D eigenvalue weighted by atomic mass is 10.2. The van der Waals surface area contributed by atoms with E-state index >= 15 is 0 Å². The van der Waals surface area contributed by atoms with Crippen LogP contribution in [0.3, 0.4) is 0 Å². The summed E-state index contributed by atoms with van der Waals surface area (Å²) < 4.78 is 69.5. The molecule has 0 radical (unpaired) electrons. The van der Waals surface area contributed by atoms with Crippen molar-refractivity contribution < 1.29 is 31.1 Å². The Bertz CT molecular complexity index is 1010. The van der Waals surface area contributed by atoms with Gasteiger partial charge in [0.1, 0.15) is 12.4 Å². The van der Waals surface area contributed by atoms with Crippen LogP contribution in [0.1, 0.15) is 29.8 Å². The number of carbonyl (C=O) groups excluding carboxylic acids is 1. The van der Waals surface area contributed by atoms with Crippen molar-refractivity contribution in [2.45, 2.75) is 24.9 Å². The molecular formula is C20H22ClF3N2O4S. The first-order chi connectivity index (χ1) is 14.5. The predicted octanol–water partition coefficient (Wildman–Crippen LogP) is 4.20. The molecule has 0 fully saturated rings. The summed E-state index contributed by atoms with van der Waals surface area (Å²) in [7, 11) is -3.76. The quantitative estimate of drug-likeness (QED) is 0.548. The second kappa shape index (κ2) is 10.3. The van der Waals surface area contributed by atoms with Gasteiger partial charge >= 0.3 is 6.18 Å². The van der Waals surface area contributed by atoms with E-state index in [-0.39, 0.29) is 47.5 Å². The maximum Gasteiger partial charge on any atom is 0.416 e. The van der Waals surface area contributed by atoms with Crippen molar-refractivity contribution in [3.63, 3.8) is 0 Å². The van der Waals surface area contributed by atoms with Gasteiger partial charge in [0.15, 0.2) is 0 Å². The minimum atomic E-state index is -4.43. The summed E-state index contributed by atoms with van der Waals surface area (Å²) in [6, 6.07) is 8.05. The first-order valence-electron chi connectivity index (χ1n) is 9.38. The van der Waals surface area contributed by atoms with Crippen molar-refractivity contribution in [3.05, 3.63) is 58.6 Å². The molecule has 2 aromatic rings. The normalized spacial score (nSPS) is 12.1. The monoisotopic (exact) mass is 478 g/mol. The number of amides is 1. The number of nitrogens with zero attached hydrogens (tertiary/aromatic N) is 1. The third kappa shape index (κ3) is 6.34. The van der Waals surface area contributed by atoms with Gasteiger partial charge in [-0.05, 0) is 42.5 Å². The highest BCUT2D eigenvalue weighted by Gasteiger charge is 2.30. The summed E-state index contributed by atoms with van der Waals surface area (Å²) in [5, 5.41) is 2.63. The van der Waals surface area contributed by atoms with E-state index in [4.69, 9.17) is 16.3 Å². The largest absolute Gasteiger partial charge is 0.492 e. The van der Waals surface area contributed by atoms with Crippen molar-refractivity contribution in [2.24, 2.45) is 0 Å². The van der Waals surface area contributed by atoms with Crippen LogP contribution in [0.25, 0.3) is 0 Å². The predicted molar refractivity (Wildman–Crippen MR) is 111 cm³/mol. The van der Waals surface area contributed by atoms with Crippen molar-refractivity contribution in [1.29, 1.82) is 0 Å². The fraction of sp³-hybridized carbons (Fsp3) is 0.350. The molecular weight excluding hydrogens is 457 g/mol. The molecule has 0 atom stereocenters. The molecule has 0 heterocycles. The Morgan fingerprint density at radius 2 is 1.71 bits per heavy atom. The van der Waals surface area contributed by atoms with Gasteiger partial charge in [0.05, 0.1) is 27.6 Å². The molecule has 11 heteroatoms. The number of rotatable bonds is 9. The summed E-state index contributed by atoms with van der Waals surface area (Å²) in [6.07, 6.45) is -4.43. The average Bonchev–Trinajstić information content (AvgIpc) is 2.71. The molecule has 2 rings (SSSR count). The van der Waals surface area contributed by atoms with Crippen LogP contribution in [0.5, 0.6) is 5.75 Å². The first kappa shape index (κ1) is 25.0. The van der Waals surface area contributed by atoms with Gasteiger partial charge in [0, 0.05) is 13.1 Å². The Kier molecular flexibility index (Phi) is 8.33. The zero-order valence-corrected chi connectivity index (χ0v) is 18.4. The lowest BCUT2D eigenvalue weighted by Crippen LogP contribution is -2.31. The minimum absolute atomic E-state index is 0.00778. The average molecular weight is 479 g/mol. The van der Waals surface area contributed by atoms with Crippen molar-refractivity contribution in [3.8, 4) is 5.75 Å². The summed E-state index contributed by atoms with van der Waals surface area (Å²) in [5.41, 5.74) is -0.799. The maximum absolute atomic E-state index is 12.6. The standard InChI is InChI=1S/C20H22ClF3N2O4S/c1-3-26(4-2)31(28,29)16-9-10-18(21)17(13-16)19(27)25-11-12-30-15-7-5-14(6-8-15)20(22,23)24/h5-10,13H,3-4,11-12H2,1-2H3,(H,25,27). The molecule has 0 aliphatic heterocycles. The van der Waals surface area contributed by atoms with Crippen LogP contribution >= 0.6 is 11.6 Å². The summed E-state index contributed by atoms with van der Waals surface area (Å²) in [4.78, 5) is 12.4. The molecule has 0 spiro atoms. The van der Waals surface area contributed by atoms with Crippen LogP contribution in [-0.4, -0.2) is 44.9 Å². The van der Waals surface area contributed by atoms with Crippen LogP contribution in [0.2, 0.25) is 5.02 Å². The van der Waals surface area contributed by atoms with E-state index in [9.17, 15) is 26.4 Å². The fourth-order valence-electron chi connectivity index (χ4n) is 2.72. The molecule has 0 unspecified atom stereocenters. The number of carbonyl (C=O) groups is 1. The number of halogens is 4. The highest BCUT2D eigenvalue weighted by Crippen LogP contribution is 2.30. The molecule has 6 nitrogen and oxygen atoms in total. The Morgan fingerprint density at radius 3 is 2.26 bits per heavy atom. The number of nitrogens with one attached hydrogen (secondary N) is 1. The summed E-state index contributed by atoms with van der Waals surface area (Å²) in [6.45, 7) is 4.01. The number of alkyl halides is 3. The topological polar surface area (TPSA) is 75.7 Å². The van der Waals surface area contributed by atoms with Crippen LogP contribution in [-0.2, 0) is 16.2 Å². The van der Waals surface area contributed by atoms with Crippen molar-refractivity contribution >= 4 is 27.5 Å². The van der Waals surface area contributed by atoms with Crippen LogP contribution in [0, 0.1) is 0 Å². The van der Waals surface area contributed by atoms with Gasteiger partial charge in [-0.2, -0.15) is 17.5 Å². The lowest BCUT2D eigenvalue weighted by Gasteiger charge is -2.19. The highest BCUT2D eigenvalue weighted by atomic mass is 35.5. The highest BCUT2D eigenvalue weighted by molar-refractivity contribution is 7.89. The second-order valence-corrected chi connectivity index (χ2v) is 8.70. The van der Waals surface area contributed by atoms with Crippen LogP contribution < -0.4 is 10.1 Å². The molecule has 31 heavy (non-hydrogen) atoms. The van der Waals surface area contributed by atoms with Crippen molar-refractivity contribution in [2.75, 3.05) is 26.2 Å². The van der Waals surface area contributed by atoms with E-state index in [1.165, 1.54) is 34.6 Å². The summed E-state index contributed by atoms with van der Waals surface area (Å²) in [5.74, 6) is -0.384. The SMILES string of the molecule is CCN(CC)S(=O)(=O)c1ccc(Cl)c(C(=O)NCCOc2ccc(C(F)(F)F)cc2)c1. The minimum Gasteiger partial charge on any atom is -0.492 e. The van der Waals surface area contributed by atoms with E-state index in [0.29, 0.717) is 0 Å². The first-order valence-corrected chi connectivity index (χ1v) is 11.2. The van der Waals surface area contributed by atoms with E-state index in [1.54, 1.807) is 13.8 Å². The summed E-state index contributed by atoms with van der Waals surface area (Å²) >= 11 is 6.06. The van der Waals surface area contributed by atoms with Gasteiger partial charge in [-0.15, -0.1) is 0 Å². The third-order valence-electron chi connectivity index (χ3n) is 4.36. The molecule has 0 bridgehead atoms. The molecule has 0 aliphatic carbocycles. The van der Waals surface area contributed by atoms with Crippen LogP contribution in [0.15, 0.2) is 47.4 Å². The molecule has 2 aromatic carbocycles.